The van der Waals surface area contributed by atoms with Gasteiger partial charge < -0.3 is 9.47 Å². The van der Waals surface area contributed by atoms with Crippen molar-refractivity contribution in [3.63, 3.8) is 0 Å². The van der Waals surface area contributed by atoms with Crippen LogP contribution in [-0.2, 0) is 16.1 Å². The zero-order valence-corrected chi connectivity index (χ0v) is 19.9. The molecule has 0 spiro atoms. The average Bonchev–Trinajstić information content (AvgIpc) is 2.75. The molecule has 1 aromatic rings. The van der Waals surface area contributed by atoms with Crippen LogP contribution in [0.2, 0.25) is 0 Å². The molecule has 0 aromatic heterocycles. The van der Waals surface area contributed by atoms with Crippen molar-refractivity contribution in [3.8, 4) is 5.75 Å². The van der Waals surface area contributed by atoms with E-state index in [9.17, 15) is 4.79 Å². The lowest BCUT2D eigenvalue weighted by atomic mass is 10.0. The Morgan fingerprint density at radius 1 is 0.800 bits per heavy atom. The number of carbonyl (C=O) groups excluding carboxylic acids is 1. The first-order valence-electron chi connectivity index (χ1n) is 12.4. The van der Waals surface area contributed by atoms with E-state index >= 15 is 0 Å². The molecule has 1 atom stereocenters. The van der Waals surface area contributed by atoms with Gasteiger partial charge in [0.15, 0.2) is 0 Å². The monoisotopic (exact) mass is 418 g/mol. The first kappa shape index (κ1) is 26.7. The molecule has 0 unspecified atom stereocenters. The molecule has 1 rings (SSSR count). The van der Waals surface area contributed by atoms with E-state index in [0.29, 0.717) is 13.0 Å². The molecular formula is C27H46O3. The van der Waals surface area contributed by atoms with E-state index in [2.05, 4.69) is 6.92 Å². The molecule has 0 bridgehead atoms. The van der Waals surface area contributed by atoms with Gasteiger partial charge in [-0.1, -0.05) is 103 Å². The molecule has 0 aliphatic carbocycles. The van der Waals surface area contributed by atoms with Gasteiger partial charge >= 0.3 is 0 Å². The third-order valence-electron chi connectivity index (χ3n) is 5.79. The number of carbonyl (C=O) groups is 1. The maximum Gasteiger partial charge on any atom is 0.132 e. The second kappa shape index (κ2) is 18.4. The van der Waals surface area contributed by atoms with E-state index in [1.165, 1.54) is 77.0 Å². The molecule has 0 radical (unpaired) electrons. The SMILES string of the molecule is CCCCCCCCCCCCCCC[C@@H](CC(C)=O)OCc1ccc(OC)cc1. The fourth-order valence-corrected chi connectivity index (χ4v) is 3.89. The third kappa shape index (κ3) is 14.6. The molecular weight excluding hydrogens is 372 g/mol. The molecule has 3 heteroatoms. The highest BCUT2D eigenvalue weighted by Gasteiger charge is 2.12. The number of ether oxygens (including phenoxy) is 2. The van der Waals surface area contributed by atoms with E-state index in [-0.39, 0.29) is 11.9 Å². The van der Waals surface area contributed by atoms with Gasteiger partial charge in [0.25, 0.3) is 0 Å². The van der Waals surface area contributed by atoms with Crippen LogP contribution in [-0.4, -0.2) is 19.0 Å². The number of rotatable bonds is 20. The molecule has 1 aromatic carbocycles. The van der Waals surface area contributed by atoms with E-state index in [4.69, 9.17) is 9.47 Å². The van der Waals surface area contributed by atoms with Crippen LogP contribution in [0.15, 0.2) is 24.3 Å². The second-order valence-electron chi connectivity index (χ2n) is 8.72. The smallest absolute Gasteiger partial charge is 0.132 e. The number of ketones is 1. The Morgan fingerprint density at radius 3 is 1.77 bits per heavy atom. The van der Waals surface area contributed by atoms with Gasteiger partial charge in [-0.3, -0.25) is 4.79 Å². The standard InChI is InChI=1S/C27H46O3/c1-4-5-6-7-8-9-10-11-12-13-14-15-16-17-27(22-24(2)28)30-23-25-18-20-26(29-3)21-19-25/h18-21,27H,4-17,22-23H2,1-3H3/t27-/m0/s1. The zero-order chi connectivity index (χ0) is 21.9. The van der Waals surface area contributed by atoms with Crippen LogP contribution >= 0.6 is 0 Å². The number of methoxy groups -OCH3 is 1. The van der Waals surface area contributed by atoms with Gasteiger partial charge in [0.05, 0.1) is 19.8 Å². The molecule has 0 aliphatic heterocycles. The molecule has 0 N–H and O–H groups in total. The average molecular weight is 419 g/mol. The molecule has 0 saturated heterocycles. The fourth-order valence-electron chi connectivity index (χ4n) is 3.89. The maximum absolute atomic E-state index is 11.6. The summed E-state index contributed by atoms with van der Waals surface area (Å²) in [5.74, 6) is 1.07. The first-order chi connectivity index (χ1) is 14.7. The van der Waals surface area contributed by atoms with Gasteiger partial charge in [-0.15, -0.1) is 0 Å². The number of hydrogen-bond acceptors (Lipinski definition) is 3. The molecule has 0 amide bonds. The van der Waals surface area contributed by atoms with Crippen molar-refractivity contribution < 1.29 is 14.3 Å². The molecule has 0 aliphatic rings. The van der Waals surface area contributed by atoms with Crippen LogP contribution in [0, 0.1) is 0 Å². The Kier molecular flexibility index (Phi) is 16.4. The summed E-state index contributed by atoms with van der Waals surface area (Å²) in [4.78, 5) is 11.6. The van der Waals surface area contributed by atoms with Crippen molar-refractivity contribution in [2.45, 2.75) is 123 Å². The van der Waals surface area contributed by atoms with Crippen molar-refractivity contribution in [3.05, 3.63) is 29.8 Å². The van der Waals surface area contributed by atoms with E-state index < -0.39 is 0 Å². The van der Waals surface area contributed by atoms with E-state index in [0.717, 1.165) is 24.2 Å². The van der Waals surface area contributed by atoms with Crippen LogP contribution in [0.5, 0.6) is 5.75 Å². The highest BCUT2D eigenvalue weighted by molar-refractivity contribution is 5.75. The van der Waals surface area contributed by atoms with Crippen molar-refractivity contribution >= 4 is 5.78 Å². The summed E-state index contributed by atoms with van der Waals surface area (Å²) in [6, 6.07) is 7.94. The summed E-state index contributed by atoms with van der Waals surface area (Å²) in [6.45, 7) is 4.49. The van der Waals surface area contributed by atoms with Crippen LogP contribution in [0.4, 0.5) is 0 Å². The van der Waals surface area contributed by atoms with Crippen molar-refractivity contribution in [2.75, 3.05) is 7.11 Å². The summed E-state index contributed by atoms with van der Waals surface area (Å²) >= 11 is 0. The highest BCUT2D eigenvalue weighted by Crippen LogP contribution is 2.17. The van der Waals surface area contributed by atoms with Crippen LogP contribution in [0.1, 0.15) is 116 Å². The molecule has 0 saturated carbocycles. The van der Waals surface area contributed by atoms with Gasteiger partial charge in [0, 0.05) is 6.42 Å². The fraction of sp³-hybridized carbons (Fsp3) is 0.741. The lowest BCUT2D eigenvalue weighted by Crippen LogP contribution is -2.16. The minimum absolute atomic E-state index is 0.0392. The maximum atomic E-state index is 11.6. The minimum atomic E-state index is 0.0392. The highest BCUT2D eigenvalue weighted by atomic mass is 16.5. The van der Waals surface area contributed by atoms with Gasteiger partial charge in [-0.05, 0) is 31.0 Å². The van der Waals surface area contributed by atoms with Crippen molar-refractivity contribution in [1.82, 2.24) is 0 Å². The minimum Gasteiger partial charge on any atom is -0.497 e. The van der Waals surface area contributed by atoms with Gasteiger partial charge in [-0.2, -0.15) is 0 Å². The lowest BCUT2D eigenvalue weighted by molar-refractivity contribution is -0.120. The van der Waals surface area contributed by atoms with Crippen LogP contribution in [0.3, 0.4) is 0 Å². The second-order valence-corrected chi connectivity index (χ2v) is 8.72. The Labute approximate surface area is 185 Å². The van der Waals surface area contributed by atoms with Crippen molar-refractivity contribution in [1.29, 1.82) is 0 Å². The van der Waals surface area contributed by atoms with Crippen molar-refractivity contribution in [2.24, 2.45) is 0 Å². The van der Waals surface area contributed by atoms with Crippen LogP contribution in [0.25, 0.3) is 0 Å². The Balaban J connectivity index is 2.06. The van der Waals surface area contributed by atoms with Gasteiger partial charge in [0.1, 0.15) is 11.5 Å². The summed E-state index contributed by atoms with van der Waals surface area (Å²) < 4.78 is 11.3. The lowest BCUT2D eigenvalue weighted by Gasteiger charge is -2.17. The molecule has 3 nitrogen and oxygen atoms in total. The molecule has 0 heterocycles. The van der Waals surface area contributed by atoms with E-state index in [1.54, 1.807) is 14.0 Å². The largest absolute Gasteiger partial charge is 0.497 e. The molecule has 30 heavy (non-hydrogen) atoms. The molecule has 172 valence electrons. The zero-order valence-electron chi connectivity index (χ0n) is 19.9. The summed E-state index contributed by atoms with van der Waals surface area (Å²) in [5.41, 5.74) is 1.12. The topological polar surface area (TPSA) is 35.5 Å². The van der Waals surface area contributed by atoms with Crippen LogP contribution < -0.4 is 4.74 Å². The number of hydrogen-bond donors (Lipinski definition) is 0. The summed E-state index contributed by atoms with van der Waals surface area (Å²) in [6.07, 6.45) is 19.2. The quantitative estimate of drug-likeness (QED) is 0.201. The predicted molar refractivity (Wildman–Crippen MR) is 127 cm³/mol. The summed E-state index contributed by atoms with van der Waals surface area (Å²) in [7, 11) is 1.67. The number of Topliss-reactive ketones (excluding diaryl/α,β-unsaturated/α-hetero) is 1. The Bertz CT molecular complexity index is 523. The Morgan fingerprint density at radius 2 is 1.30 bits per heavy atom. The predicted octanol–water partition coefficient (Wildman–Crippen LogP) is 8.04. The van der Waals surface area contributed by atoms with E-state index in [1.807, 2.05) is 24.3 Å². The molecule has 0 fully saturated rings. The third-order valence-corrected chi connectivity index (χ3v) is 5.79. The van der Waals surface area contributed by atoms with Gasteiger partial charge in [-0.25, -0.2) is 0 Å². The van der Waals surface area contributed by atoms with Gasteiger partial charge in [0.2, 0.25) is 0 Å². The first-order valence-corrected chi connectivity index (χ1v) is 12.4. The number of benzene rings is 1. The normalized spacial score (nSPS) is 12.1. The number of unbranched alkanes of at least 4 members (excludes halogenated alkanes) is 12. The Hall–Kier alpha value is -1.35. The summed E-state index contributed by atoms with van der Waals surface area (Å²) in [5, 5.41) is 0.